The fourth-order valence-corrected chi connectivity index (χ4v) is 2.34. The van der Waals surface area contributed by atoms with E-state index in [0.717, 1.165) is 15.8 Å². The van der Waals surface area contributed by atoms with Crippen LogP contribution in [0.1, 0.15) is 27.4 Å². The number of carbonyl (C=O) groups excluding carboxylic acids is 1. The highest BCUT2D eigenvalue weighted by Gasteiger charge is 2.22. The highest BCUT2D eigenvalue weighted by atomic mass is 79.9. The minimum Gasteiger partial charge on any atom is -0.288 e. The molecule has 1 aromatic heterocycles. The average molecular weight is 318 g/mol. The van der Waals surface area contributed by atoms with Gasteiger partial charge in [0, 0.05) is 10.0 Å². The number of hydrogen-bond donors (Lipinski definition) is 0. The van der Waals surface area contributed by atoms with Gasteiger partial charge >= 0.3 is 0 Å². The summed E-state index contributed by atoms with van der Waals surface area (Å²) in [5, 5.41) is 0. The van der Waals surface area contributed by atoms with Crippen molar-refractivity contribution in [1.82, 2.24) is 4.98 Å². The van der Waals surface area contributed by atoms with Gasteiger partial charge in [-0.2, -0.15) is 0 Å². The summed E-state index contributed by atoms with van der Waals surface area (Å²) < 4.78 is 26.0. The second-order valence-electron chi connectivity index (χ2n) is 3.20. The Hall–Kier alpha value is -1.14. The average Bonchev–Trinajstić information content (AvgIpc) is 2.78. The molecule has 0 aliphatic rings. The molecule has 0 spiro atoms. The maximum absolute atomic E-state index is 12.6. The maximum Gasteiger partial charge on any atom is 0.281 e. The number of rotatable bonds is 3. The summed E-state index contributed by atoms with van der Waals surface area (Å²) in [5.41, 5.74) is 1.19. The molecule has 0 amide bonds. The van der Waals surface area contributed by atoms with Crippen LogP contribution >= 0.6 is 27.3 Å². The van der Waals surface area contributed by atoms with Gasteiger partial charge in [-0.3, -0.25) is 4.79 Å². The van der Waals surface area contributed by atoms with Crippen LogP contribution in [0.25, 0.3) is 0 Å². The number of benzene rings is 1. The van der Waals surface area contributed by atoms with E-state index in [4.69, 9.17) is 0 Å². The molecule has 0 atom stereocenters. The van der Waals surface area contributed by atoms with Crippen LogP contribution < -0.4 is 0 Å². The van der Waals surface area contributed by atoms with E-state index in [1.165, 1.54) is 5.51 Å². The summed E-state index contributed by atoms with van der Waals surface area (Å²) in [5.74, 6) is -0.421. The van der Waals surface area contributed by atoms with Crippen molar-refractivity contribution in [3.63, 3.8) is 0 Å². The Kier molecular flexibility index (Phi) is 3.63. The van der Waals surface area contributed by atoms with E-state index < -0.39 is 17.9 Å². The number of aromatic nitrogens is 1. The molecule has 0 saturated carbocycles. The zero-order valence-electron chi connectivity index (χ0n) is 8.36. The maximum atomic E-state index is 12.6. The lowest BCUT2D eigenvalue weighted by atomic mass is 10.1. The summed E-state index contributed by atoms with van der Waals surface area (Å²) in [7, 11) is 0. The van der Waals surface area contributed by atoms with Gasteiger partial charge in [0.25, 0.3) is 6.43 Å². The quantitative estimate of drug-likeness (QED) is 0.799. The van der Waals surface area contributed by atoms with Gasteiger partial charge in [0.05, 0.1) is 5.51 Å². The van der Waals surface area contributed by atoms with Crippen molar-refractivity contribution in [2.45, 2.75) is 6.43 Å². The minimum absolute atomic E-state index is 0.00215. The van der Waals surface area contributed by atoms with Gasteiger partial charge in [-0.15, -0.1) is 11.3 Å². The number of alkyl halides is 2. The number of halogens is 3. The van der Waals surface area contributed by atoms with E-state index in [1.54, 1.807) is 24.3 Å². The Morgan fingerprint density at radius 3 is 2.53 bits per heavy atom. The van der Waals surface area contributed by atoms with Crippen molar-refractivity contribution in [3.8, 4) is 0 Å². The third-order valence-corrected chi connectivity index (χ3v) is 3.48. The molecule has 17 heavy (non-hydrogen) atoms. The molecule has 0 unspecified atom stereocenters. The summed E-state index contributed by atoms with van der Waals surface area (Å²) in [4.78, 5) is 15.5. The summed E-state index contributed by atoms with van der Waals surface area (Å²) in [6.07, 6.45) is -2.73. The molecule has 1 aromatic carbocycles. The van der Waals surface area contributed by atoms with Gasteiger partial charge in [-0.25, -0.2) is 13.8 Å². The lowest BCUT2D eigenvalue weighted by Crippen LogP contribution is -2.03. The van der Waals surface area contributed by atoms with Crippen LogP contribution in [-0.4, -0.2) is 10.8 Å². The van der Waals surface area contributed by atoms with E-state index in [2.05, 4.69) is 20.9 Å². The topological polar surface area (TPSA) is 30.0 Å². The molecule has 6 heteroatoms. The van der Waals surface area contributed by atoms with E-state index >= 15 is 0 Å². The van der Waals surface area contributed by atoms with E-state index in [1.807, 2.05) is 0 Å². The van der Waals surface area contributed by atoms with Crippen LogP contribution in [0.15, 0.2) is 34.2 Å². The largest absolute Gasteiger partial charge is 0.288 e. The predicted molar refractivity (Wildman–Crippen MR) is 64.6 cm³/mol. The van der Waals surface area contributed by atoms with Crippen molar-refractivity contribution >= 4 is 33.0 Å². The van der Waals surface area contributed by atoms with Gasteiger partial charge < -0.3 is 0 Å². The summed E-state index contributed by atoms with van der Waals surface area (Å²) in [6.45, 7) is 0. The number of thiazole rings is 1. The van der Waals surface area contributed by atoms with Crippen molar-refractivity contribution in [1.29, 1.82) is 0 Å². The summed E-state index contributed by atoms with van der Waals surface area (Å²) >= 11 is 4.17. The molecule has 2 aromatic rings. The SMILES string of the molecule is O=C(c1ccc(Br)cc1)c1scnc1C(F)F. The first-order chi connectivity index (χ1) is 8.09. The van der Waals surface area contributed by atoms with Crippen molar-refractivity contribution in [3.05, 3.63) is 50.4 Å². The molecule has 2 rings (SSSR count). The highest BCUT2D eigenvalue weighted by Crippen LogP contribution is 2.27. The fourth-order valence-electron chi connectivity index (χ4n) is 1.31. The van der Waals surface area contributed by atoms with E-state index in [9.17, 15) is 13.6 Å². The zero-order valence-corrected chi connectivity index (χ0v) is 10.8. The van der Waals surface area contributed by atoms with Crippen LogP contribution in [0.5, 0.6) is 0 Å². The van der Waals surface area contributed by atoms with Gasteiger partial charge in [-0.1, -0.05) is 15.9 Å². The minimum atomic E-state index is -2.73. The Balaban J connectivity index is 2.37. The molecule has 0 saturated heterocycles. The third kappa shape index (κ3) is 2.58. The molecule has 0 aliphatic carbocycles. The molecular weight excluding hydrogens is 312 g/mol. The smallest absolute Gasteiger partial charge is 0.281 e. The molecule has 0 radical (unpaired) electrons. The Bertz CT molecular complexity index is 539. The van der Waals surface area contributed by atoms with Crippen molar-refractivity contribution in [2.24, 2.45) is 0 Å². The Morgan fingerprint density at radius 1 is 1.29 bits per heavy atom. The number of nitrogens with zero attached hydrogens (tertiary/aromatic N) is 1. The lowest BCUT2D eigenvalue weighted by molar-refractivity contribution is 0.102. The van der Waals surface area contributed by atoms with Crippen LogP contribution in [0.4, 0.5) is 8.78 Å². The molecule has 88 valence electrons. The molecule has 0 fully saturated rings. The first-order valence-corrected chi connectivity index (χ1v) is 6.28. The number of ketones is 1. The van der Waals surface area contributed by atoms with Gasteiger partial charge in [0.2, 0.25) is 5.78 Å². The van der Waals surface area contributed by atoms with Crippen molar-refractivity contribution in [2.75, 3.05) is 0 Å². The molecule has 0 aliphatic heterocycles. The Morgan fingerprint density at radius 2 is 1.94 bits per heavy atom. The second-order valence-corrected chi connectivity index (χ2v) is 4.97. The molecule has 0 bridgehead atoms. The Labute approximate surface area is 108 Å². The van der Waals surface area contributed by atoms with Crippen LogP contribution in [0.2, 0.25) is 0 Å². The third-order valence-electron chi connectivity index (χ3n) is 2.11. The monoisotopic (exact) mass is 317 g/mol. The fraction of sp³-hybridized carbons (Fsp3) is 0.0909. The standard InChI is InChI=1S/C11H6BrF2NOS/c12-7-3-1-6(2-4-7)9(16)10-8(11(13)14)15-5-17-10/h1-5,11H. The molecule has 1 heterocycles. The van der Waals surface area contributed by atoms with Crippen LogP contribution in [0, 0.1) is 0 Å². The first-order valence-electron chi connectivity index (χ1n) is 4.61. The lowest BCUT2D eigenvalue weighted by Gasteiger charge is -2.01. The molecule has 2 nitrogen and oxygen atoms in total. The van der Waals surface area contributed by atoms with E-state index in [0.29, 0.717) is 5.56 Å². The zero-order chi connectivity index (χ0) is 12.4. The molecule has 0 N–H and O–H groups in total. The number of carbonyl (C=O) groups is 1. The first kappa shape index (κ1) is 12.3. The van der Waals surface area contributed by atoms with Crippen molar-refractivity contribution < 1.29 is 13.6 Å². The van der Waals surface area contributed by atoms with Crippen LogP contribution in [-0.2, 0) is 0 Å². The van der Waals surface area contributed by atoms with Gasteiger partial charge in [0.1, 0.15) is 10.6 Å². The normalized spacial score (nSPS) is 10.8. The van der Waals surface area contributed by atoms with Crippen LogP contribution in [0.3, 0.4) is 0 Å². The molecular formula is C11H6BrF2NOS. The summed E-state index contributed by atoms with van der Waals surface area (Å²) in [6, 6.07) is 6.55. The highest BCUT2D eigenvalue weighted by molar-refractivity contribution is 9.10. The second kappa shape index (κ2) is 5.01. The number of hydrogen-bond acceptors (Lipinski definition) is 3. The van der Waals surface area contributed by atoms with Gasteiger partial charge in [-0.05, 0) is 24.3 Å². The van der Waals surface area contributed by atoms with E-state index in [-0.39, 0.29) is 4.88 Å². The predicted octanol–water partition coefficient (Wildman–Crippen LogP) is 4.07. The van der Waals surface area contributed by atoms with Gasteiger partial charge in [0.15, 0.2) is 0 Å².